The molecule has 0 radical (unpaired) electrons. The molecule has 1 aliphatic heterocycles. The number of hydrogen-bond donors (Lipinski definition) is 1. The Hall–Kier alpha value is -2.74. The minimum absolute atomic E-state index is 0.0136. The molecular formula is C19H25N5O3. The second kappa shape index (κ2) is 7.48. The molecule has 0 aromatic carbocycles. The maximum Gasteiger partial charge on any atom is 0.256 e. The topological polar surface area (TPSA) is 91.6 Å². The number of hydrogen-bond acceptors (Lipinski definition) is 5. The number of aliphatic hydroxyl groups excluding tert-OH is 1. The largest absolute Gasteiger partial charge is 0.386 e. The Kier molecular flexibility index (Phi) is 5.27. The van der Waals surface area contributed by atoms with Crippen LogP contribution in [0.15, 0.2) is 18.3 Å². The van der Waals surface area contributed by atoms with Gasteiger partial charge in [0.05, 0.1) is 36.5 Å². The van der Waals surface area contributed by atoms with Gasteiger partial charge >= 0.3 is 0 Å². The van der Waals surface area contributed by atoms with Crippen LogP contribution < -0.4 is 0 Å². The first-order valence-electron chi connectivity index (χ1n) is 8.93. The van der Waals surface area contributed by atoms with Gasteiger partial charge in [-0.05, 0) is 31.5 Å². The van der Waals surface area contributed by atoms with E-state index >= 15 is 0 Å². The lowest BCUT2D eigenvalue weighted by molar-refractivity contribution is -0.130. The number of aryl methyl sites for hydroxylation is 2. The lowest BCUT2D eigenvalue weighted by Gasteiger charge is -2.28. The van der Waals surface area contributed by atoms with Gasteiger partial charge in [0.1, 0.15) is 6.10 Å². The predicted octanol–water partition coefficient (Wildman–Crippen LogP) is 1.06. The molecule has 8 nitrogen and oxygen atoms in total. The number of aliphatic hydroxyl groups is 1. The molecule has 0 spiro atoms. The summed E-state index contributed by atoms with van der Waals surface area (Å²) in [6, 6.07) is 3.67. The van der Waals surface area contributed by atoms with Gasteiger partial charge in [-0.25, -0.2) is 0 Å². The quantitative estimate of drug-likeness (QED) is 0.868. The molecule has 1 aliphatic rings. The Labute approximate surface area is 158 Å². The first kappa shape index (κ1) is 19.0. The van der Waals surface area contributed by atoms with E-state index in [4.69, 9.17) is 0 Å². The third kappa shape index (κ3) is 4.00. The SMILES string of the molecule is Cc1cc(C)c(C(=O)N2CCn3nc(C(O)CC(=O)N(C)C)cc3C2)cn1. The molecule has 3 heterocycles. The van der Waals surface area contributed by atoms with Crippen molar-refractivity contribution in [2.24, 2.45) is 0 Å². The molecule has 1 N–H and O–H groups in total. The third-order valence-electron chi connectivity index (χ3n) is 4.79. The summed E-state index contributed by atoms with van der Waals surface area (Å²) >= 11 is 0. The third-order valence-corrected chi connectivity index (χ3v) is 4.79. The minimum atomic E-state index is -0.953. The van der Waals surface area contributed by atoms with Gasteiger partial charge < -0.3 is 14.9 Å². The zero-order valence-electron chi connectivity index (χ0n) is 16.1. The van der Waals surface area contributed by atoms with E-state index in [9.17, 15) is 14.7 Å². The minimum Gasteiger partial charge on any atom is -0.386 e. The van der Waals surface area contributed by atoms with Gasteiger partial charge in [-0.15, -0.1) is 0 Å². The molecule has 0 aliphatic carbocycles. The Morgan fingerprint density at radius 2 is 2.00 bits per heavy atom. The average Bonchev–Trinajstić information content (AvgIpc) is 3.04. The summed E-state index contributed by atoms with van der Waals surface area (Å²) in [7, 11) is 3.30. The van der Waals surface area contributed by atoms with Crippen LogP contribution in [0.25, 0.3) is 0 Å². The maximum atomic E-state index is 12.9. The average molecular weight is 371 g/mol. The molecule has 1 unspecified atom stereocenters. The Morgan fingerprint density at radius 3 is 2.67 bits per heavy atom. The first-order valence-corrected chi connectivity index (χ1v) is 8.93. The summed E-state index contributed by atoms with van der Waals surface area (Å²) in [5.41, 5.74) is 3.70. The van der Waals surface area contributed by atoms with Crippen molar-refractivity contribution in [3.05, 3.63) is 46.5 Å². The van der Waals surface area contributed by atoms with Crippen LogP contribution in [0.5, 0.6) is 0 Å². The molecule has 144 valence electrons. The molecule has 0 saturated heterocycles. The van der Waals surface area contributed by atoms with Gasteiger partial charge in [-0.3, -0.25) is 19.3 Å². The molecule has 0 bridgehead atoms. The zero-order chi connectivity index (χ0) is 19.7. The van der Waals surface area contributed by atoms with E-state index in [1.807, 2.05) is 19.9 Å². The maximum absolute atomic E-state index is 12.9. The van der Waals surface area contributed by atoms with Gasteiger partial charge in [0.15, 0.2) is 0 Å². The van der Waals surface area contributed by atoms with Crippen LogP contribution in [0, 0.1) is 13.8 Å². The number of aromatic nitrogens is 3. The van der Waals surface area contributed by atoms with Crippen molar-refractivity contribution in [3.8, 4) is 0 Å². The molecular weight excluding hydrogens is 346 g/mol. The van der Waals surface area contributed by atoms with Crippen LogP contribution in [-0.4, -0.2) is 62.1 Å². The number of nitrogens with zero attached hydrogens (tertiary/aromatic N) is 5. The Morgan fingerprint density at radius 1 is 1.26 bits per heavy atom. The summed E-state index contributed by atoms with van der Waals surface area (Å²) in [6.07, 6.45) is 0.659. The lowest BCUT2D eigenvalue weighted by atomic mass is 10.1. The standard InChI is InChI=1S/C19H25N5O3/c1-12-7-13(2)20-10-15(12)19(27)23-5-6-24-14(11-23)8-16(21-24)17(25)9-18(26)22(3)4/h7-8,10,17,25H,5-6,9,11H2,1-4H3. The highest BCUT2D eigenvalue weighted by Gasteiger charge is 2.26. The van der Waals surface area contributed by atoms with E-state index < -0.39 is 6.10 Å². The molecule has 3 rings (SSSR count). The number of pyridine rings is 1. The van der Waals surface area contributed by atoms with Crippen LogP contribution in [0.1, 0.15) is 45.5 Å². The number of amides is 2. The normalized spacial score (nSPS) is 14.6. The number of fused-ring (bicyclic) bond motifs is 1. The van der Waals surface area contributed by atoms with Crippen LogP contribution >= 0.6 is 0 Å². The summed E-state index contributed by atoms with van der Waals surface area (Å²) in [6.45, 7) is 5.30. The van der Waals surface area contributed by atoms with E-state index in [0.717, 1.165) is 17.0 Å². The van der Waals surface area contributed by atoms with Crippen molar-refractivity contribution >= 4 is 11.8 Å². The van der Waals surface area contributed by atoms with Crippen molar-refractivity contribution in [2.75, 3.05) is 20.6 Å². The fourth-order valence-corrected chi connectivity index (χ4v) is 3.17. The zero-order valence-corrected chi connectivity index (χ0v) is 16.1. The van der Waals surface area contributed by atoms with E-state index in [0.29, 0.717) is 30.9 Å². The van der Waals surface area contributed by atoms with E-state index in [1.165, 1.54) is 4.90 Å². The number of rotatable bonds is 4. The molecule has 0 saturated carbocycles. The van der Waals surface area contributed by atoms with Crippen molar-refractivity contribution in [1.29, 1.82) is 0 Å². The van der Waals surface area contributed by atoms with Gasteiger partial charge in [-0.1, -0.05) is 0 Å². The summed E-state index contributed by atoms with van der Waals surface area (Å²) in [5, 5.41) is 14.7. The van der Waals surface area contributed by atoms with Crippen molar-refractivity contribution < 1.29 is 14.7 Å². The van der Waals surface area contributed by atoms with Gasteiger partial charge in [0.25, 0.3) is 5.91 Å². The van der Waals surface area contributed by atoms with E-state index in [2.05, 4.69) is 10.1 Å². The highest BCUT2D eigenvalue weighted by atomic mass is 16.3. The lowest BCUT2D eigenvalue weighted by Crippen LogP contribution is -2.38. The number of carbonyl (C=O) groups excluding carboxylic acids is 2. The molecule has 8 heteroatoms. The van der Waals surface area contributed by atoms with Crippen LogP contribution in [0.4, 0.5) is 0 Å². The van der Waals surface area contributed by atoms with Crippen LogP contribution in [-0.2, 0) is 17.9 Å². The van der Waals surface area contributed by atoms with Crippen LogP contribution in [0.2, 0.25) is 0 Å². The highest BCUT2D eigenvalue weighted by molar-refractivity contribution is 5.95. The molecule has 1 atom stereocenters. The summed E-state index contributed by atoms with van der Waals surface area (Å²) < 4.78 is 1.79. The first-order chi connectivity index (χ1) is 12.8. The van der Waals surface area contributed by atoms with Gasteiger partial charge in [-0.2, -0.15) is 5.10 Å². The number of carbonyl (C=O) groups is 2. The van der Waals surface area contributed by atoms with E-state index in [-0.39, 0.29) is 18.2 Å². The van der Waals surface area contributed by atoms with E-state index in [1.54, 1.807) is 35.9 Å². The molecule has 27 heavy (non-hydrogen) atoms. The molecule has 0 fully saturated rings. The fourth-order valence-electron chi connectivity index (χ4n) is 3.17. The Balaban J connectivity index is 1.74. The van der Waals surface area contributed by atoms with Crippen molar-refractivity contribution in [2.45, 2.75) is 39.5 Å². The molecule has 2 amide bonds. The predicted molar refractivity (Wildman–Crippen MR) is 98.9 cm³/mol. The second-order valence-corrected chi connectivity index (χ2v) is 7.16. The highest BCUT2D eigenvalue weighted by Crippen LogP contribution is 2.22. The monoisotopic (exact) mass is 371 g/mol. The van der Waals surface area contributed by atoms with Crippen LogP contribution in [0.3, 0.4) is 0 Å². The second-order valence-electron chi connectivity index (χ2n) is 7.16. The molecule has 2 aromatic heterocycles. The van der Waals surface area contributed by atoms with Crippen molar-refractivity contribution in [1.82, 2.24) is 24.6 Å². The Bertz CT molecular complexity index is 874. The summed E-state index contributed by atoms with van der Waals surface area (Å²) in [5.74, 6) is -0.218. The van der Waals surface area contributed by atoms with Gasteiger partial charge in [0.2, 0.25) is 5.91 Å². The van der Waals surface area contributed by atoms with Gasteiger partial charge in [0, 0.05) is 32.5 Å². The fraction of sp³-hybridized carbons (Fsp3) is 0.474. The molecule has 2 aromatic rings. The smallest absolute Gasteiger partial charge is 0.256 e. The summed E-state index contributed by atoms with van der Waals surface area (Å²) in [4.78, 5) is 32.1. The van der Waals surface area contributed by atoms with Crippen molar-refractivity contribution in [3.63, 3.8) is 0 Å².